The molecule has 1 unspecified atom stereocenters. The zero-order valence-corrected chi connectivity index (χ0v) is 14.7. The summed E-state index contributed by atoms with van der Waals surface area (Å²) in [6, 6.07) is 8.50. The van der Waals surface area contributed by atoms with Gasteiger partial charge in [0.15, 0.2) is 0 Å². The highest BCUT2D eigenvalue weighted by molar-refractivity contribution is 5.77. The van der Waals surface area contributed by atoms with Crippen molar-refractivity contribution >= 4 is 5.91 Å². The van der Waals surface area contributed by atoms with E-state index in [4.69, 9.17) is 9.47 Å². The lowest BCUT2D eigenvalue weighted by molar-refractivity contribution is -0.120. The van der Waals surface area contributed by atoms with Crippen molar-refractivity contribution in [3.63, 3.8) is 0 Å². The van der Waals surface area contributed by atoms with E-state index in [-0.39, 0.29) is 11.9 Å². The SMILES string of the molecule is COCCNC(=O)CNCC(c1ccc(OC)cc1)N1CCCC1. The number of benzene rings is 1. The monoisotopic (exact) mass is 335 g/mol. The van der Waals surface area contributed by atoms with Crippen LogP contribution in [-0.4, -0.2) is 64.4 Å². The summed E-state index contributed by atoms with van der Waals surface area (Å²) in [5, 5.41) is 6.12. The molecule has 1 heterocycles. The van der Waals surface area contributed by atoms with Crippen molar-refractivity contribution in [2.45, 2.75) is 18.9 Å². The first-order valence-corrected chi connectivity index (χ1v) is 8.59. The molecule has 24 heavy (non-hydrogen) atoms. The van der Waals surface area contributed by atoms with E-state index in [1.54, 1.807) is 14.2 Å². The third-order valence-electron chi connectivity index (χ3n) is 4.33. The third-order valence-corrected chi connectivity index (χ3v) is 4.33. The van der Waals surface area contributed by atoms with Crippen molar-refractivity contribution in [2.75, 3.05) is 53.6 Å². The van der Waals surface area contributed by atoms with Crippen LogP contribution in [-0.2, 0) is 9.53 Å². The van der Waals surface area contributed by atoms with Crippen LogP contribution in [0.1, 0.15) is 24.4 Å². The summed E-state index contributed by atoms with van der Waals surface area (Å²) in [5.41, 5.74) is 1.25. The van der Waals surface area contributed by atoms with Crippen molar-refractivity contribution in [3.8, 4) is 5.75 Å². The van der Waals surface area contributed by atoms with Crippen molar-refractivity contribution in [3.05, 3.63) is 29.8 Å². The lowest BCUT2D eigenvalue weighted by Crippen LogP contribution is -2.40. The Hall–Kier alpha value is -1.63. The first kappa shape index (κ1) is 18.7. The molecule has 0 aromatic heterocycles. The fraction of sp³-hybridized carbons (Fsp3) is 0.611. The highest BCUT2D eigenvalue weighted by Gasteiger charge is 2.23. The summed E-state index contributed by atoms with van der Waals surface area (Å²) < 4.78 is 10.2. The summed E-state index contributed by atoms with van der Waals surface area (Å²) in [7, 11) is 3.30. The maximum atomic E-state index is 11.8. The molecule has 1 aromatic carbocycles. The lowest BCUT2D eigenvalue weighted by Gasteiger charge is -2.28. The number of rotatable bonds is 10. The van der Waals surface area contributed by atoms with E-state index in [1.165, 1.54) is 18.4 Å². The Labute approximate surface area is 144 Å². The van der Waals surface area contributed by atoms with E-state index < -0.39 is 0 Å². The van der Waals surface area contributed by atoms with Crippen LogP contribution in [0, 0.1) is 0 Å². The van der Waals surface area contributed by atoms with Crippen LogP contribution in [0.25, 0.3) is 0 Å². The molecule has 6 nitrogen and oxygen atoms in total. The van der Waals surface area contributed by atoms with Gasteiger partial charge in [-0.05, 0) is 43.6 Å². The minimum absolute atomic E-state index is 0.00181. The third kappa shape index (κ3) is 5.78. The van der Waals surface area contributed by atoms with Crippen molar-refractivity contribution in [1.29, 1.82) is 0 Å². The molecule has 0 spiro atoms. The fourth-order valence-electron chi connectivity index (χ4n) is 3.01. The second-order valence-corrected chi connectivity index (χ2v) is 6.01. The number of nitrogens with zero attached hydrogens (tertiary/aromatic N) is 1. The molecule has 0 saturated carbocycles. The number of ether oxygens (including phenoxy) is 2. The number of carbonyl (C=O) groups excluding carboxylic acids is 1. The number of likely N-dealkylation sites (tertiary alicyclic amines) is 1. The van der Waals surface area contributed by atoms with Crippen molar-refractivity contribution < 1.29 is 14.3 Å². The number of amides is 1. The molecule has 0 aliphatic carbocycles. The second-order valence-electron chi connectivity index (χ2n) is 6.01. The van der Waals surface area contributed by atoms with Gasteiger partial charge in [0.25, 0.3) is 0 Å². The van der Waals surface area contributed by atoms with Gasteiger partial charge in [0.1, 0.15) is 5.75 Å². The largest absolute Gasteiger partial charge is 0.497 e. The molecule has 0 bridgehead atoms. The normalized spacial score (nSPS) is 16.1. The van der Waals surface area contributed by atoms with E-state index >= 15 is 0 Å². The average Bonchev–Trinajstić information content (AvgIpc) is 3.13. The van der Waals surface area contributed by atoms with E-state index in [0.717, 1.165) is 25.4 Å². The summed E-state index contributed by atoms with van der Waals surface area (Å²) >= 11 is 0. The maximum Gasteiger partial charge on any atom is 0.234 e. The molecular formula is C18H29N3O3. The van der Waals surface area contributed by atoms with Crippen molar-refractivity contribution in [2.24, 2.45) is 0 Å². The zero-order chi connectivity index (χ0) is 17.2. The molecule has 6 heteroatoms. The predicted octanol–water partition coefficient (Wildman–Crippen LogP) is 1.18. The van der Waals surface area contributed by atoms with Crippen LogP contribution in [0.2, 0.25) is 0 Å². The van der Waals surface area contributed by atoms with Crippen LogP contribution in [0.4, 0.5) is 0 Å². The van der Waals surface area contributed by atoms with Crippen LogP contribution >= 0.6 is 0 Å². The lowest BCUT2D eigenvalue weighted by atomic mass is 10.1. The molecule has 1 aliphatic rings. The Balaban J connectivity index is 1.88. The van der Waals surface area contributed by atoms with Gasteiger partial charge in [0, 0.05) is 26.2 Å². The Morgan fingerprint density at radius 1 is 1.21 bits per heavy atom. The summed E-state index contributed by atoms with van der Waals surface area (Å²) in [6.45, 7) is 4.38. The summed E-state index contributed by atoms with van der Waals surface area (Å²) in [4.78, 5) is 14.3. The van der Waals surface area contributed by atoms with Gasteiger partial charge >= 0.3 is 0 Å². The number of nitrogens with one attached hydrogen (secondary N) is 2. The summed E-state index contributed by atoms with van der Waals surface area (Å²) in [6.07, 6.45) is 2.48. The minimum Gasteiger partial charge on any atom is -0.497 e. The van der Waals surface area contributed by atoms with Gasteiger partial charge in [0.05, 0.1) is 20.3 Å². The van der Waals surface area contributed by atoms with Gasteiger partial charge < -0.3 is 20.1 Å². The average molecular weight is 335 g/mol. The molecule has 1 amide bonds. The molecule has 1 fully saturated rings. The van der Waals surface area contributed by atoms with E-state index in [0.29, 0.717) is 19.7 Å². The van der Waals surface area contributed by atoms with E-state index in [9.17, 15) is 4.79 Å². The highest BCUT2D eigenvalue weighted by Crippen LogP contribution is 2.26. The number of hydrogen-bond donors (Lipinski definition) is 2. The summed E-state index contributed by atoms with van der Waals surface area (Å²) in [5.74, 6) is 0.867. The van der Waals surface area contributed by atoms with Crippen LogP contribution in [0.5, 0.6) is 5.75 Å². The van der Waals surface area contributed by atoms with E-state index in [2.05, 4.69) is 27.7 Å². The van der Waals surface area contributed by atoms with Gasteiger partial charge in [-0.3, -0.25) is 9.69 Å². The predicted molar refractivity (Wildman–Crippen MR) is 94.3 cm³/mol. The quantitative estimate of drug-likeness (QED) is 0.629. The first-order chi connectivity index (χ1) is 11.7. The van der Waals surface area contributed by atoms with Gasteiger partial charge in [-0.15, -0.1) is 0 Å². The van der Waals surface area contributed by atoms with Crippen LogP contribution < -0.4 is 15.4 Å². The maximum absolute atomic E-state index is 11.8. The number of carbonyl (C=O) groups is 1. The molecule has 2 rings (SSSR count). The molecule has 134 valence electrons. The minimum atomic E-state index is 0.00181. The molecule has 1 saturated heterocycles. The number of methoxy groups -OCH3 is 2. The molecule has 2 N–H and O–H groups in total. The Morgan fingerprint density at radius 2 is 1.92 bits per heavy atom. The zero-order valence-electron chi connectivity index (χ0n) is 14.7. The van der Waals surface area contributed by atoms with Gasteiger partial charge in [-0.1, -0.05) is 12.1 Å². The van der Waals surface area contributed by atoms with Crippen LogP contribution in [0.15, 0.2) is 24.3 Å². The fourth-order valence-corrected chi connectivity index (χ4v) is 3.01. The van der Waals surface area contributed by atoms with Gasteiger partial charge in [-0.2, -0.15) is 0 Å². The topological polar surface area (TPSA) is 62.8 Å². The standard InChI is InChI=1S/C18H29N3O3/c1-23-12-9-20-18(22)14-19-13-17(21-10-3-4-11-21)15-5-7-16(24-2)8-6-15/h5-8,17,19H,3-4,9-14H2,1-2H3,(H,20,22). The van der Waals surface area contributed by atoms with Crippen LogP contribution in [0.3, 0.4) is 0 Å². The Morgan fingerprint density at radius 3 is 2.54 bits per heavy atom. The second kappa shape index (κ2) is 10.3. The Kier molecular flexibility index (Phi) is 8.01. The van der Waals surface area contributed by atoms with Gasteiger partial charge in [-0.25, -0.2) is 0 Å². The van der Waals surface area contributed by atoms with E-state index in [1.807, 2.05) is 12.1 Å². The molecule has 1 atom stereocenters. The molecular weight excluding hydrogens is 306 g/mol. The molecule has 0 radical (unpaired) electrons. The Bertz CT molecular complexity index is 487. The molecule has 1 aliphatic heterocycles. The van der Waals surface area contributed by atoms with Gasteiger partial charge in [0.2, 0.25) is 5.91 Å². The highest BCUT2D eigenvalue weighted by atomic mass is 16.5. The number of hydrogen-bond acceptors (Lipinski definition) is 5. The first-order valence-electron chi connectivity index (χ1n) is 8.59. The molecule has 1 aromatic rings. The smallest absolute Gasteiger partial charge is 0.234 e. The van der Waals surface area contributed by atoms with Crippen molar-refractivity contribution in [1.82, 2.24) is 15.5 Å².